The number of rotatable bonds is 4. The fourth-order valence-electron chi connectivity index (χ4n) is 1.40. The first kappa shape index (κ1) is 11.0. The monoisotopic (exact) mass is 193 g/mol. The summed E-state index contributed by atoms with van der Waals surface area (Å²) in [5.74, 6) is 0.939. The third kappa shape index (κ3) is 2.70. The van der Waals surface area contributed by atoms with Crippen LogP contribution in [0, 0.1) is 6.92 Å². The molecule has 1 heterocycles. The van der Waals surface area contributed by atoms with Gasteiger partial charge >= 0.3 is 0 Å². The Morgan fingerprint density at radius 1 is 1.50 bits per heavy atom. The van der Waals surface area contributed by atoms with Crippen molar-refractivity contribution in [1.82, 2.24) is 4.98 Å². The quantitative estimate of drug-likeness (QED) is 0.771. The maximum absolute atomic E-state index is 5.80. The van der Waals surface area contributed by atoms with Crippen LogP contribution in [0.4, 0.5) is 5.82 Å². The minimum atomic E-state index is 0.0581. The fourth-order valence-corrected chi connectivity index (χ4v) is 1.40. The first-order valence-corrected chi connectivity index (χ1v) is 5.12. The van der Waals surface area contributed by atoms with Crippen molar-refractivity contribution < 1.29 is 0 Å². The highest BCUT2D eigenvalue weighted by Gasteiger charge is 2.04. The molecule has 0 aliphatic carbocycles. The zero-order chi connectivity index (χ0) is 10.6. The van der Waals surface area contributed by atoms with E-state index in [1.807, 2.05) is 26.0 Å². The van der Waals surface area contributed by atoms with Gasteiger partial charge in [-0.3, -0.25) is 0 Å². The summed E-state index contributed by atoms with van der Waals surface area (Å²) in [6.45, 7) is 7.07. The van der Waals surface area contributed by atoms with E-state index < -0.39 is 0 Å². The molecule has 1 aromatic heterocycles. The molecule has 0 amide bonds. The Hall–Kier alpha value is -1.09. The number of hydrogen-bond acceptors (Lipinski definition) is 3. The second kappa shape index (κ2) is 4.96. The number of aryl methyl sites for hydroxylation is 1. The van der Waals surface area contributed by atoms with Gasteiger partial charge in [0.1, 0.15) is 5.82 Å². The molecule has 0 fully saturated rings. The molecule has 0 bridgehead atoms. The molecule has 0 aliphatic rings. The first-order valence-electron chi connectivity index (χ1n) is 5.12. The summed E-state index contributed by atoms with van der Waals surface area (Å²) in [6, 6.07) is 4.09. The van der Waals surface area contributed by atoms with Crippen molar-refractivity contribution >= 4 is 5.82 Å². The van der Waals surface area contributed by atoms with E-state index in [-0.39, 0.29) is 6.04 Å². The highest BCUT2D eigenvalue weighted by Crippen LogP contribution is 2.15. The Bertz CT molecular complexity index is 295. The van der Waals surface area contributed by atoms with Gasteiger partial charge in [-0.25, -0.2) is 4.98 Å². The zero-order valence-electron chi connectivity index (χ0n) is 9.17. The van der Waals surface area contributed by atoms with Gasteiger partial charge in [-0.1, -0.05) is 13.0 Å². The molecule has 3 N–H and O–H groups in total. The van der Waals surface area contributed by atoms with Crippen molar-refractivity contribution in [3.8, 4) is 0 Å². The zero-order valence-corrected chi connectivity index (χ0v) is 9.17. The van der Waals surface area contributed by atoms with E-state index >= 15 is 0 Å². The lowest BCUT2D eigenvalue weighted by molar-refractivity contribution is 0.799. The van der Waals surface area contributed by atoms with Gasteiger partial charge in [0, 0.05) is 18.3 Å². The van der Waals surface area contributed by atoms with E-state index in [0.717, 1.165) is 30.0 Å². The molecule has 3 nitrogen and oxygen atoms in total. The average Bonchev–Trinajstić information content (AvgIpc) is 2.14. The van der Waals surface area contributed by atoms with Crippen LogP contribution in [0.15, 0.2) is 12.1 Å². The molecule has 0 aromatic carbocycles. The van der Waals surface area contributed by atoms with Crippen molar-refractivity contribution in [2.75, 3.05) is 11.9 Å². The normalized spacial score (nSPS) is 12.6. The van der Waals surface area contributed by atoms with Crippen molar-refractivity contribution in [3.63, 3.8) is 0 Å². The van der Waals surface area contributed by atoms with Crippen molar-refractivity contribution in [2.24, 2.45) is 5.73 Å². The number of hydrogen-bond donors (Lipinski definition) is 2. The third-order valence-corrected chi connectivity index (χ3v) is 2.17. The van der Waals surface area contributed by atoms with Gasteiger partial charge in [0.2, 0.25) is 0 Å². The second-order valence-corrected chi connectivity index (χ2v) is 3.59. The number of pyridine rings is 1. The summed E-state index contributed by atoms with van der Waals surface area (Å²) in [5.41, 5.74) is 7.94. The third-order valence-electron chi connectivity index (χ3n) is 2.17. The minimum Gasteiger partial charge on any atom is -0.370 e. The highest BCUT2D eigenvalue weighted by molar-refractivity contribution is 5.39. The second-order valence-electron chi connectivity index (χ2n) is 3.59. The molecule has 0 unspecified atom stereocenters. The van der Waals surface area contributed by atoms with Gasteiger partial charge in [-0.2, -0.15) is 0 Å². The molecular weight excluding hydrogens is 174 g/mol. The van der Waals surface area contributed by atoms with Crippen LogP contribution in [0.2, 0.25) is 0 Å². The van der Waals surface area contributed by atoms with Gasteiger partial charge in [0.25, 0.3) is 0 Å². The van der Waals surface area contributed by atoms with Gasteiger partial charge in [-0.05, 0) is 31.9 Å². The number of aromatic nitrogens is 1. The standard InChI is InChI=1S/C11H19N3/c1-4-7-13-11-6-5-10(8(2)12)9(3)14-11/h5-6,8H,4,7,12H2,1-3H3,(H,13,14)/t8-/m1/s1. The van der Waals surface area contributed by atoms with E-state index in [4.69, 9.17) is 5.73 Å². The highest BCUT2D eigenvalue weighted by atomic mass is 15.0. The average molecular weight is 193 g/mol. The smallest absolute Gasteiger partial charge is 0.126 e. The lowest BCUT2D eigenvalue weighted by Crippen LogP contribution is -2.09. The Morgan fingerprint density at radius 3 is 2.71 bits per heavy atom. The van der Waals surface area contributed by atoms with Gasteiger partial charge < -0.3 is 11.1 Å². The summed E-state index contributed by atoms with van der Waals surface area (Å²) in [7, 11) is 0. The number of nitrogens with zero attached hydrogens (tertiary/aromatic N) is 1. The van der Waals surface area contributed by atoms with Crippen LogP contribution in [0.5, 0.6) is 0 Å². The predicted octanol–water partition coefficient (Wildman–Crippen LogP) is 2.23. The fraction of sp³-hybridized carbons (Fsp3) is 0.545. The molecule has 0 saturated heterocycles. The maximum Gasteiger partial charge on any atom is 0.126 e. The lowest BCUT2D eigenvalue weighted by Gasteiger charge is -2.11. The Labute approximate surface area is 85.7 Å². The number of nitrogens with one attached hydrogen (secondary N) is 1. The van der Waals surface area contributed by atoms with Crippen molar-refractivity contribution in [3.05, 3.63) is 23.4 Å². The summed E-state index contributed by atoms with van der Waals surface area (Å²) < 4.78 is 0. The molecule has 3 heteroatoms. The number of anilines is 1. The predicted molar refractivity (Wildman–Crippen MR) is 60.4 cm³/mol. The SMILES string of the molecule is CCCNc1ccc([C@@H](C)N)c(C)n1. The van der Waals surface area contributed by atoms with E-state index in [0.29, 0.717) is 0 Å². The molecule has 14 heavy (non-hydrogen) atoms. The van der Waals surface area contributed by atoms with E-state index in [1.165, 1.54) is 0 Å². The number of nitrogens with two attached hydrogens (primary N) is 1. The molecule has 0 spiro atoms. The lowest BCUT2D eigenvalue weighted by atomic mass is 10.1. The van der Waals surface area contributed by atoms with E-state index in [1.54, 1.807) is 0 Å². The molecule has 0 aliphatic heterocycles. The Kier molecular flexibility index (Phi) is 3.89. The van der Waals surface area contributed by atoms with E-state index in [2.05, 4.69) is 17.2 Å². The summed E-state index contributed by atoms with van der Waals surface area (Å²) in [6.07, 6.45) is 1.11. The van der Waals surface area contributed by atoms with Crippen LogP contribution < -0.4 is 11.1 Å². The van der Waals surface area contributed by atoms with E-state index in [9.17, 15) is 0 Å². The summed E-state index contributed by atoms with van der Waals surface area (Å²) in [5, 5.41) is 3.25. The Balaban J connectivity index is 2.78. The first-order chi connectivity index (χ1) is 6.65. The van der Waals surface area contributed by atoms with Gasteiger partial charge in [-0.15, -0.1) is 0 Å². The maximum atomic E-state index is 5.80. The topological polar surface area (TPSA) is 50.9 Å². The molecule has 0 radical (unpaired) electrons. The van der Waals surface area contributed by atoms with Crippen LogP contribution >= 0.6 is 0 Å². The van der Waals surface area contributed by atoms with Crippen LogP contribution in [-0.2, 0) is 0 Å². The van der Waals surface area contributed by atoms with Crippen LogP contribution in [0.25, 0.3) is 0 Å². The molecule has 1 atom stereocenters. The van der Waals surface area contributed by atoms with Crippen molar-refractivity contribution in [2.45, 2.75) is 33.2 Å². The summed E-state index contributed by atoms with van der Waals surface area (Å²) in [4.78, 5) is 4.44. The minimum absolute atomic E-state index is 0.0581. The molecule has 1 aromatic rings. The van der Waals surface area contributed by atoms with Gasteiger partial charge in [0.15, 0.2) is 0 Å². The van der Waals surface area contributed by atoms with Crippen LogP contribution in [-0.4, -0.2) is 11.5 Å². The van der Waals surface area contributed by atoms with Crippen LogP contribution in [0.3, 0.4) is 0 Å². The van der Waals surface area contributed by atoms with Gasteiger partial charge in [0.05, 0.1) is 0 Å². The van der Waals surface area contributed by atoms with Crippen LogP contribution in [0.1, 0.15) is 37.6 Å². The largest absolute Gasteiger partial charge is 0.370 e. The molecule has 0 saturated carbocycles. The Morgan fingerprint density at radius 2 is 2.21 bits per heavy atom. The summed E-state index contributed by atoms with van der Waals surface area (Å²) >= 11 is 0. The molecule has 78 valence electrons. The van der Waals surface area contributed by atoms with Crippen molar-refractivity contribution in [1.29, 1.82) is 0 Å². The molecular formula is C11H19N3. The molecule has 1 rings (SSSR count).